The molecule has 0 spiro atoms. The molecule has 0 aliphatic carbocycles. The summed E-state index contributed by atoms with van der Waals surface area (Å²) in [6, 6.07) is -5.59. The van der Waals surface area contributed by atoms with Crippen LogP contribution in [-0.4, -0.2) is 42.3 Å². The number of halogens is 9. The van der Waals surface area contributed by atoms with Crippen LogP contribution in [0.25, 0.3) is 0 Å². The molecule has 1 rings (SSSR count). The highest BCUT2D eigenvalue weighted by Gasteiger charge is 2.77. The van der Waals surface area contributed by atoms with Gasteiger partial charge in [0.1, 0.15) is 0 Å². The van der Waals surface area contributed by atoms with Gasteiger partial charge in [0.2, 0.25) is 0 Å². The molecule has 0 radical (unpaired) electrons. The van der Waals surface area contributed by atoms with Gasteiger partial charge in [0, 0.05) is 0 Å². The maximum atomic E-state index is 13.5. The highest BCUT2D eigenvalue weighted by molar-refractivity contribution is 4.79. The van der Waals surface area contributed by atoms with E-state index in [0.717, 1.165) is 0 Å². The van der Waals surface area contributed by atoms with Gasteiger partial charge in [0.15, 0.2) is 0 Å². The third-order valence-corrected chi connectivity index (χ3v) is 3.23. The van der Waals surface area contributed by atoms with Gasteiger partial charge in [0.25, 0.3) is 0 Å². The van der Waals surface area contributed by atoms with Gasteiger partial charge in [0.05, 0.1) is 13.1 Å². The number of piperidine rings is 1. The topological polar surface area (TPSA) is 0 Å². The van der Waals surface area contributed by atoms with Gasteiger partial charge >= 0.3 is 24.7 Å². The lowest BCUT2D eigenvalue weighted by Gasteiger charge is -2.46. The van der Waals surface area contributed by atoms with Crippen molar-refractivity contribution < 1.29 is 44.0 Å². The molecule has 1 saturated heterocycles. The molecule has 1 atom stereocenters. The maximum absolute atomic E-state index is 13.5. The quantitative estimate of drug-likeness (QED) is 0.411. The number of likely N-dealkylation sites (tertiary alicyclic amines) is 1. The third kappa shape index (κ3) is 2.63. The molecule has 1 heterocycles. The zero-order valence-electron chi connectivity index (χ0n) is 9.46. The van der Waals surface area contributed by atoms with Crippen LogP contribution < -0.4 is 0 Å². The molecule has 114 valence electrons. The molecule has 1 unspecified atom stereocenters. The van der Waals surface area contributed by atoms with E-state index < -0.39 is 42.3 Å². The SMILES string of the molecule is FC(C(F)(F)F)C(F)(F)[N+]1(C(F)(F)F)CCCCC1. The van der Waals surface area contributed by atoms with Crippen LogP contribution in [0.3, 0.4) is 0 Å². The van der Waals surface area contributed by atoms with Crippen molar-refractivity contribution >= 4 is 0 Å². The first kappa shape index (κ1) is 16.4. The Morgan fingerprint density at radius 3 is 1.47 bits per heavy atom. The third-order valence-electron chi connectivity index (χ3n) is 3.23. The number of rotatable bonds is 2. The molecule has 1 fully saturated rings. The maximum Gasteiger partial charge on any atom is 0.566 e. The van der Waals surface area contributed by atoms with Crippen LogP contribution in [0.15, 0.2) is 0 Å². The minimum absolute atomic E-state index is 0.190. The zero-order chi connectivity index (χ0) is 15.1. The van der Waals surface area contributed by atoms with Gasteiger partial charge < -0.3 is 0 Å². The highest BCUT2D eigenvalue weighted by Crippen LogP contribution is 2.49. The fraction of sp³-hybridized carbons (Fsp3) is 1.00. The summed E-state index contributed by atoms with van der Waals surface area (Å²) in [5.74, 6) is 0. The first-order valence-electron chi connectivity index (χ1n) is 5.39. The van der Waals surface area contributed by atoms with Crippen molar-refractivity contribution in [1.29, 1.82) is 0 Å². The van der Waals surface area contributed by atoms with Gasteiger partial charge in [-0.25, -0.2) is 4.39 Å². The van der Waals surface area contributed by atoms with Crippen LogP contribution in [0.2, 0.25) is 0 Å². The van der Waals surface area contributed by atoms with E-state index in [0.29, 0.717) is 0 Å². The summed E-state index contributed by atoms with van der Waals surface area (Å²) in [6.45, 7) is -2.51. The van der Waals surface area contributed by atoms with E-state index in [2.05, 4.69) is 0 Å². The Kier molecular flexibility index (Phi) is 4.06. The second-order valence-electron chi connectivity index (χ2n) is 4.44. The standard InChI is InChI=1S/C9H11F9N/c10-6(7(11,12)13)8(14,15)19(9(16,17)18)4-2-1-3-5-19/h6H,1-5H2/q+1. The Bertz CT molecular complexity index is 313. The van der Waals surface area contributed by atoms with E-state index in [9.17, 15) is 39.5 Å². The Hall–Kier alpha value is -0.670. The minimum atomic E-state index is -6.04. The summed E-state index contributed by atoms with van der Waals surface area (Å²) in [4.78, 5) is 0. The zero-order valence-corrected chi connectivity index (χ0v) is 9.46. The smallest absolute Gasteiger partial charge is 0.223 e. The predicted octanol–water partition coefficient (Wildman–Crippen LogP) is 4.00. The lowest BCUT2D eigenvalue weighted by atomic mass is 10.1. The van der Waals surface area contributed by atoms with Crippen molar-refractivity contribution in [2.24, 2.45) is 0 Å². The number of hydrogen-bond donors (Lipinski definition) is 0. The van der Waals surface area contributed by atoms with E-state index in [-0.39, 0.29) is 19.3 Å². The van der Waals surface area contributed by atoms with Crippen molar-refractivity contribution in [3.8, 4) is 0 Å². The van der Waals surface area contributed by atoms with Crippen LogP contribution in [0.5, 0.6) is 0 Å². The second-order valence-corrected chi connectivity index (χ2v) is 4.44. The number of hydrogen-bond acceptors (Lipinski definition) is 0. The lowest BCUT2D eigenvalue weighted by Crippen LogP contribution is -2.73. The number of alkyl halides is 9. The van der Waals surface area contributed by atoms with Crippen molar-refractivity contribution in [2.75, 3.05) is 13.1 Å². The van der Waals surface area contributed by atoms with E-state index in [4.69, 9.17) is 0 Å². The summed E-state index contributed by atoms with van der Waals surface area (Å²) in [5, 5.41) is 0. The Labute approximate surface area is 102 Å². The Morgan fingerprint density at radius 1 is 0.737 bits per heavy atom. The van der Waals surface area contributed by atoms with Crippen LogP contribution >= 0.6 is 0 Å². The summed E-state index contributed by atoms with van der Waals surface area (Å²) >= 11 is 0. The van der Waals surface area contributed by atoms with Crippen LogP contribution in [-0.2, 0) is 0 Å². The molecule has 1 nitrogen and oxygen atoms in total. The molecule has 0 aromatic carbocycles. The molecular weight excluding hydrogens is 293 g/mol. The summed E-state index contributed by atoms with van der Waals surface area (Å²) in [5.41, 5.74) is 0. The van der Waals surface area contributed by atoms with Gasteiger partial charge in [-0.3, -0.25) is 0 Å². The molecule has 0 N–H and O–H groups in total. The molecule has 19 heavy (non-hydrogen) atoms. The average molecular weight is 304 g/mol. The molecule has 1 aliphatic rings. The van der Waals surface area contributed by atoms with Gasteiger partial charge in [-0.05, 0) is 19.3 Å². The normalized spacial score (nSPS) is 23.2. The Balaban J connectivity index is 3.24. The fourth-order valence-electron chi connectivity index (χ4n) is 2.19. The lowest BCUT2D eigenvalue weighted by molar-refractivity contribution is -1.10. The summed E-state index contributed by atoms with van der Waals surface area (Å²) < 4.78 is 111. The molecule has 0 aromatic heterocycles. The number of nitrogens with zero attached hydrogens (tertiary/aromatic N) is 1. The van der Waals surface area contributed by atoms with Crippen molar-refractivity contribution in [2.45, 2.75) is 44.0 Å². The van der Waals surface area contributed by atoms with E-state index >= 15 is 0 Å². The second kappa shape index (κ2) is 4.71. The Morgan fingerprint density at radius 2 is 1.16 bits per heavy atom. The van der Waals surface area contributed by atoms with E-state index in [1.54, 1.807) is 0 Å². The summed E-state index contributed by atoms with van der Waals surface area (Å²) in [7, 11) is 0. The van der Waals surface area contributed by atoms with Crippen molar-refractivity contribution in [3.05, 3.63) is 0 Å². The van der Waals surface area contributed by atoms with Crippen molar-refractivity contribution in [3.63, 3.8) is 0 Å². The van der Waals surface area contributed by atoms with Crippen LogP contribution in [0.4, 0.5) is 39.5 Å². The van der Waals surface area contributed by atoms with Gasteiger partial charge in [-0.2, -0.15) is 17.7 Å². The van der Waals surface area contributed by atoms with E-state index in [1.165, 1.54) is 0 Å². The first-order chi connectivity index (χ1) is 8.36. The molecule has 0 amide bonds. The largest absolute Gasteiger partial charge is 0.566 e. The molecular formula is C9H11F9N+. The van der Waals surface area contributed by atoms with Crippen LogP contribution in [0, 0.1) is 0 Å². The molecule has 10 heteroatoms. The minimum Gasteiger partial charge on any atom is -0.223 e. The van der Waals surface area contributed by atoms with E-state index in [1.807, 2.05) is 0 Å². The fourth-order valence-corrected chi connectivity index (χ4v) is 2.19. The highest BCUT2D eigenvalue weighted by atomic mass is 19.4. The average Bonchev–Trinajstić information content (AvgIpc) is 2.26. The molecule has 1 aliphatic heterocycles. The van der Waals surface area contributed by atoms with Crippen LogP contribution in [0.1, 0.15) is 19.3 Å². The van der Waals surface area contributed by atoms with Gasteiger partial charge in [-0.1, -0.05) is 0 Å². The summed E-state index contributed by atoms with van der Waals surface area (Å²) in [6.07, 6.45) is -17.0. The van der Waals surface area contributed by atoms with Gasteiger partial charge in [-0.15, -0.1) is 22.0 Å². The molecule has 0 aromatic rings. The van der Waals surface area contributed by atoms with Crippen molar-refractivity contribution in [1.82, 2.24) is 0 Å². The monoisotopic (exact) mass is 304 g/mol. The number of quaternary nitrogens is 1. The molecule has 0 saturated carbocycles. The first-order valence-corrected chi connectivity index (χ1v) is 5.39. The predicted molar refractivity (Wildman–Crippen MR) is 45.8 cm³/mol. The molecule has 0 bridgehead atoms.